The average Bonchev–Trinajstić information content (AvgIpc) is 3.34. The van der Waals surface area contributed by atoms with Crippen molar-refractivity contribution in [3.63, 3.8) is 0 Å². The third-order valence-electron chi connectivity index (χ3n) is 7.50. The van der Waals surface area contributed by atoms with Crippen molar-refractivity contribution in [2.45, 2.75) is 51.0 Å². The predicted molar refractivity (Wildman–Crippen MR) is 138 cm³/mol. The maximum absolute atomic E-state index is 13.3. The van der Waals surface area contributed by atoms with Crippen LogP contribution in [0.2, 0.25) is 5.02 Å². The molecular weight excluding hydrogens is 460 g/mol. The Hall–Kier alpha value is -3.19. The summed E-state index contributed by atoms with van der Waals surface area (Å²) in [5.41, 5.74) is 2.34. The molecule has 1 unspecified atom stereocenters. The van der Waals surface area contributed by atoms with Crippen molar-refractivity contribution in [3.05, 3.63) is 64.9 Å². The van der Waals surface area contributed by atoms with Crippen LogP contribution < -0.4 is 4.90 Å². The standard InChI is InChI=1S/C27H29ClN6O/c1-18-17-32(15-16-33(18)26(35)20-11-5-7-13-22(20)28)27-29-23-14-8-6-12-21(23)25-31-30-24(34(25)27)19-9-3-2-4-10-19/h5-8,11-14,18-19H,2-4,9-10,15-17H2,1H3. The number of halogens is 1. The molecule has 1 amide bonds. The van der Waals surface area contributed by atoms with E-state index in [0.717, 1.165) is 41.2 Å². The number of nitrogens with zero attached hydrogens (tertiary/aromatic N) is 6. The lowest BCUT2D eigenvalue weighted by Gasteiger charge is -2.40. The minimum Gasteiger partial charge on any atom is -0.338 e. The molecule has 0 spiro atoms. The highest BCUT2D eigenvalue weighted by atomic mass is 35.5. The van der Waals surface area contributed by atoms with E-state index in [-0.39, 0.29) is 11.9 Å². The quantitative estimate of drug-likeness (QED) is 0.390. The zero-order chi connectivity index (χ0) is 23.9. The van der Waals surface area contributed by atoms with Crippen molar-refractivity contribution in [2.24, 2.45) is 0 Å². The van der Waals surface area contributed by atoms with Crippen LogP contribution in [0.3, 0.4) is 0 Å². The van der Waals surface area contributed by atoms with Gasteiger partial charge in [0.05, 0.1) is 16.1 Å². The molecule has 0 bridgehead atoms. The van der Waals surface area contributed by atoms with E-state index in [4.69, 9.17) is 21.7 Å². The van der Waals surface area contributed by atoms with E-state index in [1.807, 2.05) is 35.2 Å². The number of carbonyl (C=O) groups excluding carboxylic acids is 1. The van der Waals surface area contributed by atoms with E-state index in [2.05, 4.69) is 27.4 Å². The number of rotatable bonds is 3. The molecule has 2 aliphatic rings. The van der Waals surface area contributed by atoms with Crippen molar-refractivity contribution in [3.8, 4) is 0 Å². The van der Waals surface area contributed by atoms with Crippen molar-refractivity contribution >= 4 is 40.0 Å². The molecule has 4 aromatic rings. The van der Waals surface area contributed by atoms with Gasteiger partial charge in [0, 0.05) is 37.0 Å². The maximum atomic E-state index is 13.3. The van der Waals surface area contributed by atoms with Crippen LogP contribution >= 0.6 is 11.6 Å². The first-order valence-corrected chi connectivity index (χ1v) is 12.9. The second kappa shape index (κ2) is 9.11. The van der Waals surface area contributed by atoms with Gasteiger partial charge in [0.1, 0.15) is 5.82 Å². The Morgan fingerprint density at radius 3 is 2.54 bits per heavy atom. The van der Waals surface area contributed by atoms with Crippen LogP contribution in [0.4, 0.5) is 5.95 Å². The molecular formula is C27H29ClN6O. The maximum Gasteiger partial charge on any atom is 0.255 e. The third kappa shape index (κ3) is 3.92. The Labute approximate surface area is 209 Å². The van der Waals surface area contributed by atoms with Gasteiger partial charge < -0.3 is 9.80 Å². The Bertz CT molecular complexity index is 1400. The van der Waals surface area contributed by atoms with Gasteiger partial charge in [-0.2, -0.15) is 0 Å². The first kappa shape index (κ1) is 22.3. The van der Waals surface area contributed by atoms with Gasteiger partial charge in [0.25, 0.3) is 5.91 Å². The highest BCUT2D eigenvalue weighted by Gasteiger charge is 2.32. The summed E-state index contributed by atoms with van der Waals surface area (Å²) >= 11 is 6.33. The van der Waals surface area contributed by atoms with Gasteiger partial charge in [0.15, 0.2) is 5.65 Å². The van der Waals surface area contributed by atoms with E-state index in [1.165, 1.54) is 19.3 Å². The zero-order valence-corrected chi connectivity index (χ0v) is 20.7. The molecule has 180 valence electrons. The van der Waals surface area contributed by atoms with Crippen LogP contribution in [0, 0.1) is 0 Å². The van der Waals surface area contributed by atoms with E-state index in [9.17, 15) is 4.79 Å². The second-order valence-corrected chi connectivity index (χ2v) is 10.2. The van der Waals surface area contributed by atoms with Crippen LogP contribution in [0.25, 0.3) is 16.6 Å². The molecule has 1 aliphatic carbocycles. The fourth-order valence-electron chi connectivity index (χ4n) is 5.65. The molecule has 6 rings (SSSR count). The number of piperazine rings is 1. The van der Waals surface area contributed by atoms with Crippen molar-refractivity contribution in [2.75, 3.05) is 24.5 Å². The summed E-state index contributed by atoms with van der Waals surface area (Å²) < 4.78 is 2.19. The SMILES string of the molecule is CC1CN(c2nc3ccccc3c3nnc(C4CCCCC4)n23)CCN1C(=O)c1ccccc1Cl. The van der Waals surface area contributed by atoms with E-state index >= 15 is 0 Å². The number of fused-ring (bicyclic) bond motifs is 3. The normalized spacial score (nSPS) is 19.5. The smallest absolute Gasteiger partial charge is 0.255 e. The molecule has 1 aliphatic heterocycles. The van der Waals surface area contributed by atoms with E-state index < -0.39 is 0 Å². The predicted octanol–water partition coefficient (Wildman–Crippen LogP) is 5.33. The fraction of sp³-hybridized carbons (Fsp3) is 0.407. The Balaban J connectivity index is 1.37. The number of aromatic nitrogens is 4. The Morgan fingerprint density at radius 1 is 0.971 bits per heavy atom. The first-order chi connectivity index (χ1) is 17.1. The van der Waals surface area contributed by atoms with Crippen molar-refractivity contribution in [1.29, 1.82) is 0 Å². The highest BCUT2D eigenvalue weighted by molar-refractivity contribution is 6.33. The fourth-order valence-corrected chi connectivity index (χ4v) is 5.87. The van der Waals surface area contributed by atoms with Gasteiger partial charge in [-0.15, -0.1) is 10.2 Å². The molecule has 2 fully saturated rings. The van der Waals surface area contributed by atoms with Gasteiger partial charge >= 0.3 is 0 Å². The summed E-state index contributed by atoms with van der Waals surface area (Å²) in [5.74, 6) is 2.28. The minimum absolute atomic E-state index is 0.00505. The van der Waals surface area contributed by atoms with E-state index in [0.29, 0.717) is 36.1 Å². The zero-order valence-electron chi connectivity index (χ0n) is 19.9. The summed E-state index contributed by atoms with van der Waals surface area (Å²) in [5, 5.41) is 10.9. The molecule has 1 atom stereocenters. The summed E-state index contributed by atoms with van der Waals surface area (Å²) in [6, 6.07) is 15.4. The number of hydrogen-bond donors (Lipinski definition) is 0. The van der Waals surface area contributed by atoms with Gasteiger partial charge in [-0.3, -0.25) is 4.79 Å². The summed E-state index contributed by atoms with van der Waals surface area (Å²) in [4.78, 5) is 22.6. The Morgan fingerprint density at radius 2 is 1.74 bits per heavy atom. The molecule has 35 heavy (non-hydrogen) atoms. The lowest BCUT2D eigenvalue weighted by Crippen LogP contribution is -2.54. The monoisotopic (exact) mass is 488 g/mol. The number of benzene rings is 2. The summed E-state index contributed by atoms with van der Waals surface area (Å²) in [7, 11) is 0. The molecule has 0 radical (unpaired) electrons. The van der Waals surface area contributed by atoms with Gasteiger partial charge in [-0.1, -0.05) is 55.1 Å². The molecule has 8 heteroatoms. The van der Waals surface area contributed by atoms with Crippen LogP contribution in [0.5, 0.6) is 0 Å². The minimum atomic E-state index is -0.0217. The van der Waals surface area contributed by atoms with Gasteiger partial charge in [0.2, 0.25) is 5.95 Å². The molecule has 2 aromatic carbocycles. The van der Waals surface area contributed by atoms with E-state index in [1.54, 1.807) is 12.1 Å². The van der Waals surface area contributed by atoms with Crippen LogP contribution in [-0.4, -0.2) is 56.1 Å². The average molecular weight is 489 g/mol. The van der Waals surface area contributed by atoms with Gasteiger partial charge in [-0.05, 0) is 44.0 Å². The van der Waals surface area contributed by atoms with Crippen LogP contribution in [-0.2, 0) is 0 Å². The molecule has 2 aromatic heterocycles. The third-order valence-corrected chi connectivity index (χ3v) is 7.83. The molecule has 1 saturated carbocycles. The summed E-state index contributed by atoms with van der Waals surface area (Å²) in [6.07, 6.45) is 6.04. The first-order valence-electron chi connectivity index (χ1n) is 12.6. The number of para-hydroxylation sites is 1. The van der Waals surface area contributed by atoms with Gasteiger partial charge in [-0.25, -0.2) is 9.38 Å². The number of anilines is 1. The van der Waals surface area contributed by atoms with Crippen molar-refractivity contribution < 1.29 is 4.79 Å². The highest BCUT2D eigenvalue weighted by Crippen LogP contribution is 2.35. The summed E-state index contributed by atoms with van der Waals surface area (Å²) in [6.45, 7) is 4.05. The number of hydrogen-bond acceptors (Lipinski definition) is 5. The topological polar surface area (TPSA) is 66.6 Å². The van der Waals surface area contributed by atoms with Crippen LogP contribution in [0.1, 0.15) is 61.1 Å². The molecule has 0 N–H and O–H groups in total. The largest absolute Gasteiger partial charge is 0.338 e. The second-order valence-electron chi connectivity index (χ2n) is 9.75. The number of carbonyl (C=O) groups is 1. The molecule has 1 saturated heterocycles. The Kier molecular flexibility index (Phi) is 5.80. The van der Waals surface area contributed by atoms with Crippen LogP contribution in [0.15, 0.2) is 48.5 Å². The number of amides is 1. The molecule has 7 nitrogen and oxygen atoms in total. The lowest BCUT2D eigenvalue weighted by molar-refractivity contribution is 0.0673. The molecule has 3 heterocycles. The lowest BCUT2D eigenvalue weighted by atomic mass is 9.89. The van der Waals surface area contributed by atoms with Crippen molar-refractivity contribution in [1.82, 2.24) is 24.5 Å².